The summed E-state index contributed by atoms with van der Waals surface area (Å²) in [6.45, 7) is 6.00. The van der Waals surface area contributed by atoms with Crippen molar-refractivity contribution in [1.82, 2.24) is 0 Å². The van der Waals surface area contributed by atoms with Gasteiger partial charge in [-0.3, -0.25) is 0 Å². The third-order valence-electron chi connectivity index (χ3n) is 1.76. The van der Waals surface area contributed by atoms with Crippen molar-refractivity contribution in [2.45, 2.75) is 31.5 Å². The molecule has 1 rings (SSSR count). The molecule has 2 heteroatoms. The molecule has 0 heterocycles. The van der Waals surface area contributed by atoms with Gasteiger partial charge in [0.15, 0.2) is 5.79 Å². The number of methoxy groups -OCH3 is 1. The first-order chi connectivity index (χ1) is 4.77. The van der Waals surface area contributed by atoms with Crippen LogP contribution in [0.25, 0.3) is 0 Å². The van der Waals surface area contributed by atoms with E-state index in [1.807, 2.05) is 0 Å². The number of aliphatic hydroxyl groups is 1. The second-order valence-corrected chi connectivity index (χ2v) is 2.36. The Morgan fingerprint density at radius 3 is 1.90 bits per heavy atom. The molecule has 2 nitrogen and oxygen atoms in total. The van der Waals surface area contributed by atoms with Gasteiger partial charge in [0.1, 0.15) is 0 Å². The van der Waals surface area contributed by atoms with Gasteiger partial charge in [-0.05, 0) is 12.8 Å². The van der Waals surface area contributed by atoms with E-state index in [2.05, 4.69) is 13.2 Å². The van der Waals surface area contributed by atoms with E-state index in [0.29, 0.717) is 0 Å². The monoisotopic (exact) mass is 144 g/mol. The van der Waals surface area contributed by atoms with Crippen LogP contribution in [-0.4, -0.2) is 18.0 Å². The molecule has 1 aliphatic rings. The minimum absolute atomic E-state index is 0.764. The maximum Gasteiger partial charge on any atom is 0.165 e. The Balaban J connectivity index is 0.000000371. The van der Waals surface area contributed by atoms with E-state index in [9.17, 15) is 5.11 Å². The van der Waals surface area contributed by atoms with E-state index in [1.54, 1.807) is 7.11 Å². The fourth-order valence-electron chi connectivity index (χ4n) is 1.13. The Morgan fingerprint density at radius 1 is 1.30 bits per heavy atom. The van der Waals surface area contributed by atoms with E-state index in [4.69, 9.17) is 4.74 Å². The van der Waals surface area contributed by atoms with Crippen molar-refractivity contribution in [3.05, 3.63) is 13.2 Å². The molecule has 0 aromatic heterocycles. The predicted octanol–water partition coefficient (Wildman–Crippen LogP) is 1.70. The molecule has 0 spiro atoms. The molecule has 1 N–H and O–H groups in total. The van der Waals surface area contributed by atoms with Crippen LogP contribution in [0.5, 0.6) is 0 Å². The highest BCUT2D eigenvalue weighted by atomic mass is 16.6. The third kappa shape index (κ3) is 2.50. The summed E-state index contributed by atoms with van der Waals surface area (Å²) in [6.07, 6.45) is 3.82. The molecule has 10 heavy (non-hydrogen) atoms. The minimum atomic E-state index is -0.764. The summed E-state index contributed by atoms with van der Waals surface area (Å²) in [4.78, 5) is 0. The molecule has 1 saturated carbocycles. The van der Waals surface area contributed by atoms with Gasteiger partial charge in [-0.1, -0.05) is 0 Å². The van der Waals surface area contributed by atoms with Crippen LogP contribution in [0, 0.1) is 0 Å². The molecule has 0 aromatic rings. The van der Waals surface area contributed by atoms with E-state index in [-0.39, 0.29) is 0 Å². The van der Waals surface area contributed by atoms with E-state index in [0.717, 1.165) is 25.7 Å². The largest absolute Gasteiger partial charge is 0.365 e. The van der Waals surface area contributed by atoms with Crippen LogP contribution < -0.4 is 0 Å². The highest BCUT2D eigenvalue weighted by Gasteiger charge is 2.29. The number of hydrogen-bond acceptors (Lipinski definition) is 2. The Kier molecular flexibility index (Phi) is 4.32. The zero-order chi connectivity index (χ0) is 8.04. The number of ether oxygens (including phenoxy) is 1. The van der Waals surface area contributed by atoms with Crippen LogP contribution >= 0.6 is 0 Å². The van der Waals surface area contributed by atoms with Crippen LogP contribution in [0.15, 0.2) is 13.2 Å². The Morgan fingerprint density at radius 2 is 1.70 bits per heavy atom. The van der Waals surface area contributed by atoms with Crippen molar-refractivity contribution >= 4 is 0 Å². The quantitative estimate of drug-likeness (QED) is 0.448. The average molecular weight is 144 g/mol. The van der Waals surface area contributed by atoms with E-state index < -0.39 is 5.79 Å². The van der Waals surface area contributed by atoms with Crippen molar-refractivity contribution in [3.8, 4) is 0 Å². The fourth-order valence-corrected chi connectivity index (χ4v) is 1.13. The Bertz CT molecular complexity index is 85.3. The Hall–Kier alpha value is -0.340. The fraction of sp³-hybridized carbons (Fsp3) is 0.750. The SMILES string of the molecule is C=C.COC1(O)CCCC1. The Labute approximate surface area is 62.5 Å². The average Bonchev–Trinajstić information content (AvgIpc) is 2.42. The lowest BCUT2D eigenvalue weighted by Gasteiger charge is -2.18. The summed E-state index contributed by atoms with van der Waals surface area (Å²) in [5, 5.41) is 9.28. The van der Waals surface area contributed by atoms with Gasteiger partial charge in [0.05, 0.1) is 0 Å². The zero-order valence-corrected chi connectivity index (χ0v) is 6.60. The van der Waals surface area contributed by atoms with Crippen LogP contribution in [0.1, 0.15) is 25.7 Å². The van der Waals surface area contributed by atoms with Crippen molar-refractivity contribution < 1.29 is 9.84 Å². The van der Waals surface area contributed by atoms with Gasteiger partial charge in [-0.2, -0.15) is 0 Å². The molecule has 1 aliphatic carbocycles. The standard InChI is InChI=1S/C6H12O2.C2H4/c1-8-6(7)4-2-3-5-6;1-2/h7H,2-5H2,1H3;1-2H2. The van der Waals surface area contributed by atoms with Crippen molar-refractivity contribution in [2.24, 2.45) is 0 Å². The first-order valence-electron chi connectivity index (χ1n) is 3.54. The molecular formula is C8H16O2. The smallest absolute Gasteiger partial charge is 0.165 e. The molecule has 0 unspecified atom stereocenters. The second-order valence-electron chi connectivity index (χ2n) is 2.36. The maximum atomic E-state index is 9.28. The van der Waals surface area contributed by atoms with Gasteiger partial charge in [0.2, 0.25) is 0 Å². The number of rotatable bonds is 1. The molecular weight excluding hydrogens is 128 g/mol. The summed E-state index contributed by atoms with van der Waals surface area (Å²) in [6, 6.07) is 0. The van der Waals surface area contributed by atoms with Gasteiger partial charge in [-0.25, -0.2) is 0 Å². The van der Waals surface area contributed by atoms with Crippen LogP contribution in [-0.2, 0) is 4.74 Å². The molecule has 0 bridgehead atoms. The molecule has 0 aromatic carbocycles. The van der Waals surface area contributed by atoms with Crippen LogP contribution in [0.2, 0.25) is 0 Å². The summed E-state index contributed by atoms with van der Waals surface area (Å²) in [7, 11) is 1.56. The third-order valence-corrected chi connectivity index (χ3v) is 1.76. The molecule has 60 valence electrons. The maximum absolute atomic E-state index is 9.28. The van der Waals surface area contributed by atoms with E-state index in [1.165, 1.54) is 0 Å². The van der Waals surface area contributed by atoms with Gasteiger partial charge in [-0.15, -0.1) is 13.2 Å². The summed E-state index contributed by atoms with van der Waals surface area (Å²) in [5.41, 5.74) is 0. The van der Waals surface area contributed by atoms with Crippen molar-refractivity contribution in [1.29, 1.82) is 0 Å². The second kappa shape index (κ2) is 4.47. The van der Waals surface area contributed by atoms with Gasteiger partial charge in [0.25, 0.3) is 0 Å². The van der Waals surface area contributed by atoms with E-state index >= 15 is 0 Å². The zero-order valence-electron chi connectivity index (χ0n) is 6.60. The molecule has 0 amide bonds. The van der Waals surface area contributed by atoms with Crippen molar-refractivity contribution in [2.75, 3.05) is 7.11 Å². The van der Waals surface area contributed by atoms with Crippen LogP contribution in [0.4, 0.5) is 0 Å². The van der Waals surface area contributed by atoms with Crippen LogP contribution in [0.3, 0.4) is 0 Å². The topological polar surface area (TPSA) is 29.5 Å². The summed E-state index contributed by atoms with van der Waals surface area (Å²) in [5.74, 6) is -0.764. The van der Waals surface area contributed by atoms with Gasteiger partial charge < -0.3 is 9.84 Å². The van der Waals surface area contributed by atoms with Gasteiger partial charge >= 0.3 is 0 Å². The lowest BCUT2D eigenvalue weighted by molar-refractivity contribution is -0.178. The van der Waals surface area contributed by atoms with Gasteiger partial charge in [0, 0.05) is 20.0 Å². The normalized spacial score (nSPS) is 21.4. The lowest BCUT2D eigenvalue weighted by Crippen LogP contribution is -2.25. The summed E-state index contributed by atoms with van der Waals surface area (Å²) >= 11 is 0. The summed E-state index contributed by atoms with van der Waals surface area (Å²) < 4.78 is 4.85. The molecule has 0 saturated heterocycles. The molecule has 0 atom stereocenters. The molecule has 0 radical (unpaired) electrons. The minimum Gasteiger partial charge on any atom is -0.365 e. The highest BCUT2D eigenvalue weighted by molar-refractivity contribution is 4.73. The van der Waals surface area contributed by atoms with Crippen molar-refractivity contribution in [3.63, 3.8) is 0 Å². The first kappa shape index (κ1) is 9.66. The molecule has 1 fully saturated rings. The first-order valence-corrected chi connectivity index (χ1v) is 3.54. The lowest BCUT2D eigenvalue weighted by atomic mass is 10.2. The molecule has 0 aliphatic heterocycles. The predicted molar refractivity (Wildman–Crippen MR) is 41.7 cm³/mol. The number of hydrogen-bond donors (Lipinski definition) is 1. The highest BCUT2D eigenvalue weighted by Crippen LogP contribution is 2.29.